The minimum Gasteiger partial charge on any atom is -0.363 e. The summed E-state index contributed by atoms with van der Waals surface area (Å²) in [7, 11) is 0. The molecule has 2 heteroatoms. The Balaban J connectivity index is 2.37. The first kappa shape index (κ1) is 17.0. The van der Waals surface area contributed by atoms with Crippen LogP contribution in [0.3, 0.4) is 0 Å². The summed E-state index contributed by atoms with van der Waals surface area (Å²) in [5, 5.41) is 0. The Morgan fingerprint density at radius 1 is 1.11 bits per heavy atom. The molecule has 1 rings (SSSR count). The lowest BCUT2D eigenvalue weighted by Crippen LogP contribution is -2.57. The first-order valence-electron chi connectivity index (χ1n) is 8.37. The van der Waals surface area contributed by atoms with E-state index in [-0.39, 0.29) is 0 Å². The van der Waals surface area contributed by atoms with Gasteiger partial charge in [0.15, 0.2) is 0 Å². The van der Waals surface area contributed by atoms with Crippen LogP contribution in [-0.2, 0) is 4.74 Å². The van der Waals surface area contributed by atoms with Crippen molar-refractivity contribution in [2.45, 2.75) is 91.3 Å². The topological polar surface area (TPSA) is 12.5 Å². The zero-order valence-corrected chi connectivity index (χ0v) is 13.9. The Labute approximate surface area is 120 Å². The predicted molar refractivity (Wildman–Crippen MR) is 83.4 cm³/mol. The van der Waals surface area contributed by atoms with Gasteiger partial charge in [0.1, 0.15) is 6.23 Å². The van der Waals surface area contributed by atoms with Gasteiger partial charge in [-0.1, -0.05) is 52.9 Å². The summed E-state index contributed by atoms with van der Waals surface area (Å²) in [6.07, 6.45) is 9.71. The third kappa shape index (κ3) is 5.43. The molecule has 0 amide bonds. The molecule has 1 aliphatic heterocycles. The average molecular weight is 269 g/mol. The van der Waals surface area contributed by atoms with Crippen molar-refractivity contribution in [2.24, 2.45) is 5.92 Å². The summed E-state index contributed by atoms with van der Waals surface area (Å²) in [6.45, 7) is 13.7. The summed E-state index contributed by atoms with van der Waals surface area (Å²) in [5.74, 6) is 0.583. The van der Waals surface area contributed by atoms with Crippen molar-refractivity contribution < 1.29 is 4.74 Å². The van der Waals surface area contributed by atoms with Gasteiger partial charge in [0.05, 0.1) is 6.61 Å². The summed E-state index contributed by atoms with van der Waals surface area (Å²) in [5.41, 5.74) is 0.302. The van der Waals surface area contributed by atoms with Crippen LogP contribution in [0.25, 0.3) is 0 Å². The molecule has 0 saturated carbocycles. The van der Waals surface area contributed by atoms with Gasteiger partial charge in [-0.05, 0) is 32.6 Å². The molecule has 2 nitrogen and oxygen atoms in total. The molecule has 114 valence electrons. The summed E-state index contributed by atoms with van der Waals surface area (Å²) >= 11 is 0. The molecule has 0 aromatic heterocycles. The SMILES string of the molecule is CCCCCCCCN1C(C(C)C)OCCC1(C)C. The van der Waals surface area contributed by atoms with Crippen molar-refractivity contribution in [1.82, 2.24) is 4.90 Å². The molecule has 0 radical (unpaired) electrons. The lowest BCUT2D eigenvalue weighted by atomic mass is 9.93. The Kier molecular flexibility index (Phi) is 7.38. The van der Waals surface area contributed by atoms with Crippen LogP contribution in [0.5, 0.6) is 0 Å². The molecule has 19 heavy (non-hydrogen) atoms. The highest BCUT2D eigenvalue weighted by molar-refractivity contribution is 4.87. The van der Waals surface area contributed by atoms with Crippen LogP contribution in [0, 0.1) is 5.92 Å². The predicted octanol–water partition coefficient (Wildman–Crippen LogP) is 4.83. The maximum Gasteiger partial charge on any atom is 0.113 e. The number of ether oxygens (including phenoxy) is 1. The highest BCUT2D eigenvalue weighted by Crippen LogP contribution is 2.31. The van der Waals surface area contributed by atoms with Crippen molar-refractivity contribution in [3.63, 3.8) is 0 Å². The normalized spacial score (nSPS) is 24.0. The van der Waals surface area contributed by atoms with Gasteiger partial charge in [-0.2, -0.15) is 0 Å². The van der Waals surface area contributed by atoms with Crippen molar-refractivity contribution in [3.05, 3.63) is 0 Å². The van der Waals surface area contributed by atoms with E-state index in [9.17, 15) is 0 Å². The average Bonchev–Trinajstić information content (AvgIpc) is 2.34. The van der Waals surface area contributed by atoms with Crippen LogP contribution in [0.4, 0.5) is 0 Å². The van der Waals surface area contributed by atoms with Crippen molar-refractivity contribution >= 4 is 0 Å². The van der Waals surface area contributed by atoms with Gasteiger partial charge < -0.3 is 4.74 Å². The molecule has 0 N–H and O–H groups in total. The fourth-order valence-electron chi connectivity index (χ4n) is 3.05. The van der Waals surface area contributed by atoms with E-state index < -0.39 is 0 Å². The molecule has 0 spiro atoms. The number of hydrogen-bond donors (Lipinski definition) is 0. The largest absolute Gasteiger partial charge is 0.363 e. The Morgan fingerprint density at radius 3 is 2.37 bits per heavy atom. The van der Waals surface area contributed by atoms with Crippen LogP contribution in [-0.4, -0.2) is 29.8 Å². The molecule has 0 aromatic rings. The maximum absolute atomic E-state index is 6.01. The molecule has 1 saturated heterocycles. The molecule has 0 bridgehead atoms. The Morgan fingerprint density at radius 2 is 1.74 bits per heavy atom. The zero-order valence-electron chi connectivity index (χ0n) is 13.9. The molecular weight excluding hydrogens is 234 g/mol. The Hall–Kier alpha value is -0.0800. The molecule has 0 aromatic carbocycles. The maximum atomic E-state index is 6.01. The van der Waals surface area contributed by atoms with Crippen molar-refractivity contribution in [2.75, 3.05) is 13.2 Å². The van der Waals surface area contributed by atoms with E-state index in [4.69, 9.17) is 4.74 Å². The van der Waals surface area contributed by atoms with Crippen LogP contribution in [0.15, 0.2) is 0 Å². The second kappa shape index (κ2) is 8.26. The molecule has 1 unspecified atom stereocenters. The fraction of sp³-hybridized carbons (Fsp3) is 1.00. The molecule has 1 fully saturated rings. The lowest BCUT2D eigenvalue weighted by molar-refractivity contribution is -0.170. The van der Waals surface area contributed by atoms with E-state index in [1.54, 1.807) is 0 Å². The highest BCUT2D eigenvalue weighted by atomic mass is 16.5. The number of rotatable bonds is 8. The summed E-state index contributed by atoms with van der Waals surface area (Å²) in [4.78, 5) is 2.61. The number of unbranched alkanes of at least 4 members (excludes halogenated alkanes) is 5. The molecule has 1 atom stereocenters. The van der Waals surface area contributed by atoms with Gasteiger partial charge in [0.2, 0.25) is 0 Å². The Bertz CT molecular complexity index is 237. The molecule has 1 aliphatic rings. The fourth-order valence-corrected chi connectivity index (χ4v) is 3.05. The first-order chi connectivity index (χ1) is 8.99. The third-order valence-electron chi connectivity index (χ3n) is 4.41. The quantitative estimate of drug-likeness (QED) is 0.585. The van der Waals surface area contributed by atoms with E-state index >= 15 is 0 Å². The van der Waals surface area contributed by atoms with Gasteiger partial charge >= 0.3 is 0 Å². The van der Waals surface area contributed by atoms with Crippen LogP contribution in [0.2, 0.25) is 0 Å². The molecular formula is C17H35NO. The second-order valence-electron chi connectivity index (χ2n) is 7.03. The third-order valence-corrected chi connectivity index (χ3v) is 4.41. The molecule has 1 heterocycles. The summed E-state index contributed by atoms with van der Waals surface area (Å²) < 4.78 is 6.01. The zero-order chi connectivity index (χ0) is 14.3. The second-order valence-corrected chi connectivity index (χ2v) is 7.03. The lowest BCUT2D eigenvalue weighted by Gasteiger charge is -2.49. The van der Waals surface area contributed by atoms with E-state index in [0.29, 0.717) is 17.7 Å². The minimum absolute atomic E-state index is 0.302. The van der Waals surface area contributed by atoms with E-state index in [0.717, 1.165) is 13.0 Å². The summed E-state index contributed by atoms with van der Waals surface area (Å²) in [6, 6.07) is 0. The van der Waals surface area contributed by atoms with Gasteiger partial charge in [0.25, 0.3) is 0 Å². The van der Waals surface area contributed by atoms with Crippen molar-refractivity contribution in [3.8, 4) is 0 Å². The minimum atomic E-state index is 0.302. The monoisotopic (exact) mass is 269 g/mol. The van der Waals surface area contributed by atoms with Gasteiger partial charge in [-0.15, -0.1) is 0 Å². The van der Waals surface area contributed by atoms with E-state index in [2.05, 4.69) is 39.5 Å². The number of nitrogens with zero attached hydrogens (tertiary/aromatic N) is 1. The van der Waals surface area contributed by atoms with Gasteiger partial charge in [-0.3, -0.25) is 4.90 Å². The highest BCUT2D eigenvalue weighted by Gasteiger charge is 2.37. The van der Waals surface area contributed by atoms with E-state index in [1.165, 1.54) is 45.1 Å². The van der Waals surface area contributed by atoms with Crippen LogP contribution in [0.1, 0.15) is 79.6 Å². The number of hydrogen-bond acceptors (Lipinski definition) is 2. The molecule has 0 aliphatic carbocycles. The van der Waals surface area contributed by atoms with Crippen LogP contribution >= 0.6 is 0 Å². The standard InChI is InChI=1S/C17H35NO/c1-6-7-8-9-10-11-13-18-16(15(2)3)19-14-12-17(18,4)5/h15-16H,6-14H2,1-5H3. The van der Waals surface area contributed by atoms with Gasteiger partial charge in [-0.25, -0.2) is 0 Å². The smallest absolute Gasteiger partial charge is 0.113 e. The van der Waals surface area contributed by atoms with Crippen LogP contribution < -0.4 is 0 Å². The van der Waals surface area contributed by atoms with Crippen molar-refractivity contribution in [1.29, 1.82) is 0 Å². The first-order valence-corrected chi connectivity index (χ1v) is 8.37. The van der Waals surface area contributed by atoms with Gasteiger partial charge in [0, 0.05) is 12.1 Å². The van der Waals surface area contributed by atoms with E-state index in [1.807, 2.05) is 0 Å².